The molecular weight excluding hydrogens is 354 g/mol. The lowest BCUT2D eigenvalue weighted by molar-refractivity contribution is -0.131. The minimum absolute atomic E-state index is 0.0277. The molecule has 26 heavy (non-hydrogen) atoms. The second kappa shape index (κ2) is 7.18. The number of sulfonamides is 1. The molecule has 1 aromatic carbocycles. The molecule has 0 spiro atoms. The van der Waals surface area contributed by atoms with Crippen LogP contribution >= 0.6 is 0 Å². The molecule has 2 aromatic rings. The van der Waals surface area contributed by atoms with Crippen molar-refractivity contribution in [3.8, 4) is 0 Å². The quantitative estimate of drug-likeness (QED) is 0.764. The Morgan fingerprint density at radius 1 is 1.31 bits per heavy atom. The van der Waals surface area contributed by atoms with E-state index in [-0.39, 0.29) is 22.8 Å². The van der Waals surface area contributed by atoms with Crippen molar-refractivity contribution in [3.63, 3.8) is 0 Å². The van der Waals surface area contributed by atoms with Crippen molar-refractivity contribution in [2.24, 2.45) is 12.8 Å². The third kappa shape index (κ3) is 3.79. The summed E-state index contributed by atoms with van der Waals surface area (Å²) in [4.78, 5) is 14.4. The number of aryl methyl sites for hydroxylation is 1. The summed E-state index contributed by atoms with van der Waals surface area (Å²) < 4.78 is 28.5. The molecule has 0 aliphatic carbocycles. The predicted octanol–water partition coefficient (Wildman–Crippen LogP) is 0.0402. The van der Waals surface area contributed by atoms with Crippen LogP contribution in [0.1, 0.15) is 18.4 Å². The first kappa shape index (κ1) is 18.6. The monoisotopic (exact) mass is 377 g/mol. The maximum atomic E-state index is 12.7. The van der Waals surface area contributed by atoms with E-state index in [2.05, 4.69) is 9.82 Å². The number of nitrogens with two attached hydrogens (primary N) is 1. The molecule has 1 amide bonds. The number of aromatic nitrogens is 2. The summed E-state index contributed by atoms with van der Waals surface area (Å²) in [6, 6.07) is 8.74. The van der Waals surface area contributed by atoms with Gasteiger partial charge in [0.1, 0.15) is 4.90 Å². The summed E-state index contributed by atoms with van der Waals surface area (Å²) >= 11 is 0. The zero-order valence-corrected chi connectivity index (χ0v) is 15.6. The van der Waals surface area contributed by atoms with Crippen molar-refractivity contribution < 1.29 is 13.2 Å². The summed E-state index contributed by atoms with van der Waals surface area (Å²) in [6.45, 7) is 2.41. The number of amides is 1. The van der Waals surface area contributed by atoms with E-state index in [1.807, 2.05) is 30.3 Å². The fraction of sp³-hybridized carbons (Fsp3) is 0.412. The maximum absolute atomic E-state index is 12.7. The standard InChI is InChI=1S/C17H23N5O3S/c1-12(20-26(24,25)14-8-19-21(2)9-14)17(23)22-10-15(16(18)11-22)13-6-4-3-5-7-13/h3-9,12,15-16,20H,10-11,18H2,1-2H3/t12?,15-,16+/m0/s1. The fourth-order valence-electron chi connectivity index (χ4n) is 3.22. The molecule has 1 aliphatic rings. The Morgan fingerprint density at radius 3 is 2.62 bits per heavy atom. The summed E-state index contributed by atoms with van der Waals surface area (Å²) in [5.41, 5.74) is 7.30. The summed E-state index contributed by atoms with van der Waals surface area (Å²) in [6.07, 6.45) is 2.63. The highest BCUT2D eigenvalue weighted by Crippen LogP contribution is 2.26. The largest absolute Gasteiger partial charge is 0.339 e. The molecule has 1 unspecified atom stereocenters. The summed E-state index contributed by atoms with van der Waals surface area (Å²) in [5.74, 6) is -0.242. The van der Waals surface area contributed by atoms with Crippen LogP contribution in [0.5, 0.6) is 0 Å². The molecule has 0 saturated carbocycles. The smallest absolute Gasteiger partial charge is 0.244 e. The minimum Gasteiger partial charge on any atom is -0.339 e. The van der Waals surface area contributed by atoms with E-state index in [0.29, 0.717) is 13.1 Å². The average Bonchev–Trinajstić information content (AvgIpc) is 3.21. The first-order chi connectivity index (χ1) is 12.3. The molecule has 0 radical (unpaired) electrons. The number of nitrogens with one attached hydrogen (secondary N) is 1. The third-order valence-corrected chi connectivity index (χ3v) is 6.09. The number of nitrogens with zero attached hydrogens (tertiary/aromatic N) is 3. The lowest BCUT2D eigenvalue weighted by atomic mass is 9.95. The van der Waals surface area contributed by atoms with Crippen molar-refractivity contribution in [2.75, 3.05) is 13.1 Å². The molecular formula is C17H23N5O3S. The van der Waals surface area contributed by atoms with Gasteiger partial charge in [0.05, 0.1) is 12.2 Å². The minimum atomic E-state index is -3.80. The van der Waals surface area contributed by atoms with Crippen LogP contribution < -0.4 is 10.5 Å². The molecule has 3 N–H and O–H groups in total. The molecule has 1 aliphatic heterocycles. The van der Waals surface area contributed by atoms with Crippen molar-refractivity contribution in [1.29, 1.82) is 0 Å². The SMILES string of the molecule is CC(NS(=O)(=O)c1cnn(C)c1)C(=O)N1C[C@@H](N)[C@H](c2ccccc2)C1. The van der Waals surface area contributed by atoms with Gasteiger partial charge in [-0.15, -0.1) is 0 Å². The highest BCUT2D eigenvalue weighted by molar-refractivity contribution is 7.89. The van der Waals surface area contributed by atoms with Crippen LogP contribution in [0.4, 0.5) is 0 Å². The Bertz CT molecular complexity index is 881. The van der Waals surface area contributed by atoms with Gasteiger partial charge in [0.2, 0.25) is 15.9 Å². The lowest BCUT2D eigenvalue weighted by Crippen LogP contribution is -2.46. The molecule has 1 fully saturated rings. The van der Waals surface area contributed by atoms with E-state index >= 15 is 0 Å². The topological polar surface area (TPSA) is 110 Å². The Morgan fingerprint density at radius 2 is 2.00 bits per heavy atom. The predicted molar refractivity (Wildman–Crippen MR) is 96.7 cm³/mol. The molecule has 3 atom stereocenters. The molecule has 1 aromatic heterocycles. The van der Waals surface area contributed by atoms with Gasteiger partial charge >= 0.3 is 0 Å². The van der Waals surface area contributed by atoms with E-state index in [1.54, 1.807) is 11.9 Å². The first-order valence-corrected chi connectivity index (χ1v) is 9.86. The van der Waals surface area contributed by atoms with E-state index in [4.69, 9.17) is 5.73 Å². The molecule has 9 heteroatoms. The van der Waals surface area contributed by atoms with Crippen LogP contribution in [0.2, 0.25) is 0 Å². The molecule has 140 valence electrons. The number of hydrogen-bond donors (Lipinski definition) is 2. The Labute approximate surface area is 153 Å². The molecule has 3 rings (SSSR count). The van der Waals surface area contributed by atoms with Gasteiger partial charge in [-0.1, -0.05) is 30.3 Å². The molecule has 1 saturated heterocycles. The summed E-state index contributed by atoms with van der Waals surface area (Å²) in [5, 5.41) is 3.85. The van der Waals surface area contributed by atoms with Gasteiger partial charge < -0.3 is 10.6 Å². The van der Waals surface area contributed by atoms with Gasteiger partial charge in [0.15, 0.2) is 0 Å². The van der Waals surface area contributed by atoms with Gasteiger partial charge in [-0.05, 0) is 12.5 Å². The summed E-state index contributed by atoms with van der Waals surface area (Å²) in [7, 11) is -2.18. The second-order valence-electron chi connectivity index (χ2n) is 6.62. The molecule has 2 heterocycles. The van der Waals surface area contributed by atoms with Gasteiger partial charge in [-0.2, -0.15) is 9.82 Å². The maximum Gasteiger partial charge on any atom is 0.244 e. The van der Waals surface area contributed by atoms with Crippen molar-refractivity contribution >= 4 is 15.9 Å². The van der Waals surface area contributed by atoms with Crippen LogP contribution in [0.3, 0.4) is 0 Å². The lowest BCUT2D eigenvalue weighted by Gasteiger charge is -2.21. The third-order valence-electron chi connectivity index (χ3n) is 4.60. The van der Waals surface area contributed by atoms with E-state index in [9.17, 15) is 13.2 Å². The van der Waals surface area contributed by atoms with Crippen LogP contribution in [0.25, 0.3) is 0 Å². The average molecular weight is 377 g/mol. The number of hydrogen-bond acceptors (Lipinski definition) is 5. The molecule has 0 bridgehead atoms. The Balaban J connectivity index is 1.67. The van der Waals surface area contributed by atoms with Crippen LogP contribution in [-0.2, 0) is 21.9 Å². The Hall–Kier alpha value is -2.23. The van der Waals surface area contributed by atoms with Gasteiger partial charge in [-0.3, -0.25) is 9.48 Å². The van der Waals surface area contributed by atoms with Gasteiger partial charge in [0.25, 0.3) is 0 Å². The van der Waals surface area contributed by atoms with Gasteiger partial charge in [-0.25, -0.2) is 8.42 Å². The normalized spacial score (nSPS) is 21.7. The second-order valence-corrected chi connectivity index (χ2v) is 8.33. The van der Waals surface area contributed by atoms with Gasteiger partial charge in [0, 0.05) is 38.3 Å². The van der Waals surface area contributed by atoms with Crippen molar-refractivity contribution in [2.45, 2.75) is 29.8 Å². The zero-order valence-electron chi connectivity index (χ0n) is 14.7. The molecule has 8 nitrogen and oxygen atoms in total. The number of rotatable bonds is 5. The Kier molecular flexibility index (Phi) is 5.12. The van der Waals surface area contributed by atoms with Crippen LogP contribution in [0, 0.1) is 0 Å². The van der Waals surface area contributed by atoms with Crippen LogP contribution in [-0.4, -0.2) is 54.2 Å². The zero-order chi connectivity index (χ0) is 18.9. The first-order valence-electron chi connectivity index (χ1n) is 8.38. The number of carbonyl (C=O) groups excluding carboxylic acids is 1. The van der Waals surface area contributed by atoms with Crippen molar-refractivity contribution in [1.82, 2.24) is 19.4 Å². The number of likely N-dealkylation sites (tertiary alicyclic amines) is 1. The number of carbonyl (C=O) groups is 1. The highest BCUT2D eigenvalue weighted by Gasteiger charge is 2.36. The van der Waals surface area contributed by atoms with E-state index in [1.165, 1.54) is 24.0 Å². The highest BCUT2D eigenvalue weighted by atomic mass is 32.2. The van der Waals surface area contributed by atoms with E-state index in [0.717, 1.165) is 5.56 Å². The number of benzene rings is 1. The van der Waals surface area contributed by atoms with E-state index < -0.39 is 16.1 Å². The van der Waals surface area contributed by atoms with Crippen LogP contribution in [0.15, 0.2) is 47.6 Å². The fourth-order valence-corrected chi connectivity index (χ4v) is 4.40. The van der Waals surface area contributed by atoms with Crippen molar-refractivity contribution in [3.05, 3.63) is 48.3 Å².